The number of allylic oxidation sites excluding steroid dienone is 4. The Morgan fingerprint density at radius 1 is 1.23 bits per heavy atom. The van der Waals surface area contributed by atoms with E-state index in [4.69, 9.17) is 10.5 Å². The Hall–Kier alpha value is -1.96. The summed E-state index contributed by atoms with van der Waals surface area (Å²) in [7, 11) is -3.80. The molecular formula is C23H29FN2O3S. The largest absolute Gasteiger partial charge is 0.493 e. The van der Waals surface area contributed by atoms with Crippen LogP contribution in [-0.4, -0.2) is 45.6 Å². The van der Waals surface area contributed by atoms with Gasteiger partial charge in [-0.05, 0) is 81.0 Å². The number of hydrogen-bond donors (Lipinski definition) is 1. The normalized spacial score (nSPS) is 25.3. The number of fused-ring (bicyclic) bond motifs is 1. The van der Waals surface area contributed by atoms with Gasteiger partial charge in [0, 0.05) is 12.6 Å². The maximum absolute atomic E-state index is 13.6. The summed E-state index contributed by atoms with van der Waals surface area (Å²) in [5.41, 5.74) is 7.07. The Morgan fingerprint density at radius 3 is 2.87 bits per heavy atom. The summed E-state index contributed by atoms with van der Waals surface area (Å²) in [6.07, 6.45) is 9.85. The number of hydrogen-bond acceptors (Lipinski definition) is 5. The van der Waals surface area contributed by atoms with Crippen molar-refractivity contribution in [3.05, 3.63) is 64.5 Å². The molecular weight excluding hydrogens is 403 g/mol. The second-order valence-electron chi connectivity index (χ2n) is 8.39. The first-order chi connectivity index (χ1) is 14.4. The molecule has 0 radical (unpaired) electrons. The molecule has 5 nitrogen and oxygen atoms in total. The molecule has 3 aliphatic rings. The summed E-state index contributed by atoms with van der Waals surface area (Å²) >= 11 is 0. The fourth-order valence-electron chi connectivity index (χ4n) is 4.40. The van der Waals surface area contributed by atoms with Gasteiger partial charge in [0.15, 0.2) is 0 Å². The third-order valence-electron chi connectivity index (χ3n) is 6.14. The lowest BCUT2D eigenvalue weighted by molar-refractivity contribution is 0.207. The van der Waals surface area contributed by atoms with Gasteiger partial charge in [-0.2, -0.15) is 0 Å². The number of ether oxygens (including phenoxy) is 1. The fourth-order valence-corrected chi connectivity index (χ4v) is 5.78. The van der Waals surface area contributed by atoms with Crippen molar-refractivity contribution in [3.63, 3.8) is 0 Å². The molecule has 7 heteroatoms. The molecule has 0 bridgehead atoms. The van der Waals surface area contributed by atoms with Crippen molar-refractivity contribution >= 4 is 9.84 Å². The lowest BCUT2D eigenvalue weighted by Crippen LogP contribution is -2.28. The van der Waals surface area contributed by atoms with Crippen LogP contribution in [0.1, 0.15) is 32.1 Å². The Morgan fingerprint density at radius 2 is 2.10 bits per heavy atom. The molecule has 0 saturated carbocycles. The molecule has 2 saturated heterocycles. The summed E-state index contributed by atoms with van der Waals surface area (Å²) in [6, 6.07) is 5.43. The van der Waals surface area contributed by atoms with Crippen LogP contribution < -0.4 is 5.73 Å². The van der Waals surface area contributed by atoms with E-state index >= 15 is 0 Å². The van der Waals surface area contributed by atoms with E-state index in [1.807, 2.05) is 0 Å². The maximum Gasteiger partial charge on any atom is 0.206 e. The highest BCUT2D eigenvalue weighted by atomic mass is 32.2. The third-order valence-corrected chi connectivity index (χ3v) is 7.92. The Balaban J connectivity index is 1.47. The van der Waals surface area contributed by atoms with Crippen LogP contribution in [0.5, 0.6) is 0 Å². The zero-order chi connectivity index (χ0) is 21.1. The molecule has 2 N–H and O–H groups in total. The van der Waals surface area contributed by atoms with Gasteiger partial charge in [-0.3, -0.25) is 0 Å². The number of benzene rings is 1. The molecule has 2 atom stereocenters. The smallest absolute Gasteiger partial charge is 0.206 e. The van der Waals surface area contributed by atoms with Crippen molar-refractivity contribution < 1.29 is 17.5 Å². The van der Waals surface area contributed by atoms with Crippen molar-refractivity contribution in [1.82, 2.24) is 4.90 Å². The summed E-state index contributed by atoms with van der Waals surface area (Å²) in [5.74, 6) is 0.564. The molecule has 30 heavy (non-hydrogen) atoms. The minimum atomic E-state index is -3.80. The highest BCUT2D eigenvalue weighted by Gasteiger charge is 2.26. The van der Waals surface area contributed by atoms with Crippen LogP contribution >= 0.6 is 0 Å². The number of sulfone groups is 1. The minimum Gasteiger partial charge on any atom is -0.493 e. The topological polar surface area (TPSA) is 72.6 Å². The maximum atomic E-state index is 13.6. The summed E-state index contributed by atoms with van der Waals surface area (Å²) < 4.78 is 45.6. The minimum absolute atomic E-state index is 0.0376. The van der Waals surface area contributed by atoms with Gasteiger partial charge in [-0.1, -0.05) is 18.2 Å². The predicted octanol–water partition coefficient (Wildman–Crippen LogP) is 3.55. The Bertz CT molecular complexity index is 984. The van der Waals surface area contributed by atoms with Crippen LogP contribution in [0, 0.1) is 11.7 Å². The average molecular weight is 433 g/mol. The van der Waals surface area contributed by atoms with Crippen LogP contribution in [-0.2, 0) is 14.6 Å². The highest BCUT2D eigenvalue weighted by Crippen LogP contribution is 2.34. The molecule has 0 amide bonds. The van der Waals surface area contributed by atoms with E-state index in [0.717, 1.165) is 57.0 Å². The molecule has 1 aliphatic carbocycles. The number of likely N-dealkylation sites (tertiary alicyclic amines) is 1. The first kappa shape index (κ1) is 21.3. The monoisotopic (exact) mass is 432 g/mol. The summed E-state index contributed by atoms with van der Waals surface area (Å²) in [5, 5.41) is 0. The van der Waals surface area contributed by atoms with Crippen LogP contribution in [0.2, 0.25) is 0 Å². The van der Waals surface area contributed by atoms with Crippen molar-refractivity contribution in [1.29, 1.82) is 0 Å². The highest BCUT2D eigenvalue weighted by molar-refractivity contribution is 7.95. The molecule has 162 valence electrons. The summed E-state index contributed by atoms with van der Waals surface area (Å²) in [6.45, 7) is 3.66. The van der Waals surface area contributed by atoms with Gasteiger partial charge in [0.2, 0.25) is 9.84 Å². The summed E-state index contributed by atoms with van der Waals surface area (Å²) in [4.78, 5) is 2.56. The van der Waals surface area contributed by atoms with Crippen LogP contribution in [0.25, 0.3) is 0 Å². The number of nitrogens with two attached hydrogens (primary N) is 1. The first-order valence-electron chi connectivity index (χ1n) is 10.6. The SMILES string of the molecule is NC1CCN(CCC2CCOC3=CC(S(=O)(=O)c4cccc(F)c4)=CCC=C3C2)C1. The molecule has 1 aromatic rings. The molecule has 1 aromatic carbocycles. The first-order valence-corrected chi connectivity index (χ1v) is 12.1. The van der Waals surface area contributed by atoms with Crippen LogP contribution in [0.4, 0.5) is 4.39 Å². The van der Waals surface area contributed by atoms with E-state index in [1.54, 1.807) is 12.2 Å². The average Bonchev–Trinajstić information content (AvgIpc) is 2.90. The number of rotatable bonds is 5. The molecule has 4 rings (SSSR count). The standard InChI is InChI=1S/C23H29FN2O3S/c24-19-4-2-6-21(14-19)30(27,28)22-5-1-3-18-13-17(9-12-29-23(18)15-22)7-10-26-11-8-20(25)16-26/h2-6,14-15,17,20H,1,7-13,16,25H2. The second kappa shape index (κ2) is 9.04. The van der Waals surface area contributed by atoms with Gasteiger partial charge in [0.25, 0.3) is 0 Å². The van der Waals surface area contributed by atoms with E-state index in [9.17, 15) is 12.8 Å². The van der Waals surface area contributed by atoms with Gasteiger partial charge in [-0.25, -0.2) is 12.8 Å². The van der Waals surface area contributed by atoms with E-state index < -0.39 is 15.7 Å². The zero-order valence-corrected chi connectivity index (χ0v) is 17.9. The van der Waals surface area contributed by atoms with Gasteiger partial charge in [-0.15, -0.1) is 0 Å². The fraction of sp³-hybridized carbons (Fsp3) is 0.478. The number of nitrogens with zero attached hydrogens (tertiary/aromatic N) is 1. The van der Waals surface area contributed by atoms with Crippen LogP contribution in [0.3, 0.4) is 0 Å². The van der Waals surface area contributed by atoms with Crippen molar-refractivity contribution in [3.8, 4) is 0 Å². The van der Waals surface area contributed by atoms with E-state index in [-0.39, 0.29) is 9.80 Å². The van der Waals surface area contributed by atoms with E-state index in [0.29, 0.717) is 30.7 Å². The Labute approximate surface area is 178 Å². The lowest BCUT2D eigenvalue weighted by Gasteiger charge is -2.19. The van der Waals surface area contributed by atoms with E-state index in [2.05, 4.69) is 11.0 Å². The van der Waals surface area contributed by atoms with Gasteiger partial charge in [0.1, 0.15) is 11.6 Å². The third kappa shape index (κ3) is 4.85. The quantitative estimate of drug-likeness (QED) is 0.770. The molecule has 0 aromatic heterocycles. The van der Waals surface area contributed by atoms with Gasteiger partial charge < -0.3 is 15.4 Å². The second-order valence-corrected chi connectivity index (χ2v) is 10.3. The van der Waals surface area contributed by atoms with Crippen molar-refractivity contribution in [2.45, 2.75) is 43.0 Å². The van der Waals surface area contributed by atoms with E-state index in [1.165, 1.54) is 18.2 Å². The van der Waals surface area contributed by atoms with Gasteiger partial charge in [0.05, 0.1) is 16.4 Å². The van der Waals surface area contributed by atoms with Crippen molar-refractivity contribution in [2.24, 2.45) is 11.7 Å². The zero-order valence-electron chi connectivity index (χ0n) is 17.1. The van der Waals surface area contributed by atoms with Crippen molar-refractivity contribution in [2.75, 3.05) is 26.2 Å². The van der Waals surface area contributed by atoms with Gasteiger partial charge >= 0.3 is 0 Å². The molecule has 2 heterocycles. The molecule has 2 fully saturated rings. The molecule has 2 unspecified atom stereocenters. The van der Waals surface area contributed by atoms with Crippen LogP contribution in [0.15, 0.2) is 63.6 Å². The predicted molar refractivity (Wildman–Crippen MR) is 115 cm³/mol. The molecule has 2 aliphatic heterocycles. The Kier molecular flexibility index (Phi) is 6.41. The molecule has 0 spiro atoms. The number of halogens is 1. The lowest BCUT2D eigenvalue weighted by atomic mass is 9.93.